The Balaban J connectivity index is 2.33. The predicted octanol–water partition coefficient (Wildman–Crippen LogP) is 4.22. The number of aryl methyl sites for hydroxylation is 1. The molecule has 24 heavy (non-hydrogen) atoms. The fourth-order valence-electron chi connectivity index (χ4n) is 3.21. The van der Waals surface area contributed by atoms with Crippen molar-refractivity contribution >= 4 is 26.2 Å². The zero-order valence-corrected chi connectivity index (χ0v) is 16.6. The van der Waals surface area contributed by atoms with Gasteiger partial charge < -0.3 is 0 Å². The summed E-state index contributed by atoms with van der Waals surface area (Å²) < 4.78 is 31.4. The van der Waals surface area contributed by atoms with Gasteiger partial charge in [0.2, 0.25) is 0 Å². The van der Waals surface area contributed by atoms with Crippen LogP contribution in [0.15, 0.2) is 29.2 Å². The number of benzene rings is 1. The Morgan fingerprint density at radius 2 is 1.88 bits per heavy atom. The summed E-state index contributed by atoms with van der Waals surface area (Å²) in [5.74, 6) is 1.68. The Morgan fingerprint density at radius 1 is 1.25 bits per heavy atom. The highest BCUT2D eigenvalue weighted by atomic mass is 32.3. The molecule has 0 aromatic heterocycles. The third kappa shape index (κ3) is 4.83. The van der Waals surface area contributed by atoms with Gasteiger partial charge >= 0.3 is 10.1 Å². The molecule has 1 aromatic carbocycles. The molecule has 1 heterocycles. The second kappa shape index (κ2) is 7.18. The highest BCUT2D eigenvalue weighted by molar-refractivity contribution is 8.33. The predicted molar refractivity (Wildman–Crippen MR) is 100.0 cm³/mol. The minimum atomic E-state index is -3.85. The van der Waals surface area contributed by atoms with Crippen LogP contribution in [0.2, 0.25) is 0 Å². The minimum Gasteiger partial charge on any atom is -0.299 e. The van der Waals surface area contributed by atoms with Crippen LogP contribution in [0.4, 0.5) is 0 Å². The highest BCUT2D eigenvalue weighted by Crippen LogP contribution is 2.59. The van der Waals surface area contributed by atoms with Crippen LogP contribution in [0, 0.1) is 12.3 Å². The van der Waals surface area contributed by atoms with Gasteiger partial charge in [-0.05, 0) is 37.3 Å². The van der Waals surface area contributed by atoms with Crippen LogP contribution in [-0.4, -0.2) is 31.5 Å². The number of carbonyl (C=O) groups excluding carboxylic acids is 1. The fourth-order valence-corrected chi connectivity index (χ4v) is 9.59. The van der Waals surface area contributed by atoms with Crippen LogP contribution < -0.4 is 0 Å². The third-order valence-electron chi connectivity index (χ3n) is 4.39. The van der Waals surface area contributed by atoms with Crippen molar-refractivity contribution in [3.05, 3.63) is 29.8 Å². The van der Waals surface area contributed by atoms with Gasteiger partial charge in [0, 0.05) is 17.9 Å². The maximum absolute atomic E-state index is 12.8. The van der Waals surface area contributed by atoms with Gasteiger partial charge in [0.1, 0.15) is 5.78 Å². The molecule has 1 saturated heterocycles. The van der Waals surface area contributed by atoms with Gasteiger partial charge in [-0.2, -0.15) is 8.42 Å². The van der Waals surface area contributed by atoms with E-state index < -0.39 is 20.4 Å². The molecule has 6 heteroatoms. The largest absolute Gasteiger partial charge is 0.306 e. The lowest BCUT2D eigenvalue weighted by Gasteiger charge is -2.47. The van der Waals surface area contributed by atoms with Crippen LogP contribution >= 0.6 is 10.3 Å². The maximum atomic E-state index is 12.8. The van der Waals surface area contributed by atoms with E-state index in [9.17, 15) is 13.2 Å². The molecular formula is C18H28O4S2. The molecule has 0 radical (unpaired) electrons. The molecule has 4 nitrogen and oxygen atoms in total. The van der Waals surface area contributed by atoms with Crippen molar-refractivity contribution < 1.29 is 16.8 Å². The van der Waals surface area contributed by atoms with Gasteiger partial charge in [-0.15, -0.1) is 10.3 Å². The van der Waals surface area contributed by atoms with Crippen molar-refractivity contribution in [1.82, 2.24) is 0 Å². The second-order valence-corrected chi connectivity index (χ2v) is 12.3. The van der Waals surface area contributed by atoms with E-state index in [0.29, 0.717) is 17.9 Å². The Morgan fingerprint density at radius 3 is 2.42 bits per heavy atom. The SMILES string of the molecule is CCC(=O)CS1(OS(=O)(=O)c2ccc(C)cc2)CCCC(C)(C)C1. The van der Waals surface area contributed by atoms with Crippen molar-refractivity contribution in [2.45, 2.75) is 51.9 Å². The van der Waals surface area contributed by atoms with Gasteiger partial charge in [-0.25, -0.2) is 3.63 Å². The standard InChI is InChI=1S/C18H28O4S2/c1-5-16(19)13-23(12-6-11-18(3,4)14-23)22-24(20,21)17-9-7-15(2)8-10-17/h7-10H,5-6,11-14H2,1-4H3. The van der Waals surface area contributed by atoms with Crippen LogP contribution in [0.1, 0.15) is 45.6 Å². The number of Topliss-reactive ketones (excluding diaryl/α,β-unsaturated/α-hetero) is 1. The van der Waals surface area contributed by atoms with E-state index >= 15 is 0 Å². The monoisotopic (exact) mass is 372 g/mol. The molecule has 0 bridgehead atoms. The Bertz CT molecular complexity index is 692. The Kier molecular flexibility index (Phi) is 5.83. The molecule has 1 aliphatic heterocycles. The first-order valence-corrected chi connectivity index (χ1v) is 11.9. The zero-order valence-electron chi connectivity index (χ0n) is 15.0. The summed E-state index contributed by atoms with van der Waals surface area (Å²) in [6.07, 6.45) is 2.36. The van der Waals surface area contributed by atoms with Crippen molar-refractivity contribution in [2.75, 3.05) is 17.3 Å². The van der Waals surface area contributed by atoms with E-state index in [1.54, 1.807) is 24.3 Å². The molecule has 0 aliphatic carbocycles. The van der Waals surface area contributed by atoms with Crippen LogP contribution in [0.3, 0.4) is 0 Å². The Hall–Kier alpha value is -0.850. The summed E-state index contributed by atoms with van der Waals surface area (Å²) in [5, 5.41) is 0. The average Bonchev–Trinajstić information content (AvgIpc) is 2.45. The smallest absolute Gasteiger partial charge is 0.299 e. The normalized spacial score (nSPS) is 26.5. The van der Waals surface area contributed by atoms with E-state index in [0.717, 1.165) is 18.4 Å². The summed E-state index contributed by atoms with van der Waals surface area (Å²) in [6.45, 7) is 7.99. The first-order chi connectivity index (χ1) is 11.1. The summed E-state index contributed by atoms with van der Waals surface area (Å²) >= 11 is 0. The molecule has 0 N–H and O–H groups in total. The minimum absolute atomic E-state index is 0.00437. The van der Waals surface area contributed by atoms with E-state index in [4.69, 9.17) is 3.63 Å². The number of hydrogen-bond donors (Lipinski definition) is 0. The molecule has 1 atom stereocenters. The number of hydrogen-bond acceptors (Lipinski definition) is 4. The molecule has 1 aliphatic rings. The quantitative estimate of drug-likeness (QED) is 0.750. The first kappa shape index (κ1) is 19.5. The second-order valence-electron chi connectivity index (χ2n) is 7.45. The molecule has 2 rings (SSSR count). The lowest BCUT2D eigenvalue weighted by atomic mass is 9.90. The summed E-state index contributed by atoms with van der Waals surface area (Å²) in [4.78, 5) is 12.3. The summed E-state index contributed by atoms with van der Waals surface area (Å²) in [6, 6.07) is 6.68. The first-order valence-electron chi connectivity index (χ1n) is 8.38. The van der Waals surface area contributed by atoms with Crippen molar-refractivity contribution in [3.8, 4) is 0 Å². The zero-order chi connectivity index (χ0) is 18.0. The molecule has 1 fully saturated rings. The molecular weight excluding hydrogens is 344 g/mol. The highest BCUT2D eigenvalue weighted by Gasteiger charge is 2.41. The fraction of sp³-hybridized carbons (Fsp3) is 0.611. The van der Waals surface area contributed by atoms with Crippen LogP contribution in [0.5, 0.6) is 0 Å². The molecule has 0 saturated carbocycles. The maximum Gasteiger partial charge on any atom is 0.306 e. The van der Waals surface area contributed by atoms with Gasteiger partial charge in [0.05, 0.1) is 10.6 Å². The molecule has 136 valence electrons. The van der Waals surface area contributed by atoms with E-state index in [1.807, 2.05) is 13.8 Å². The molecule has 1 unspecified atom stereocenters. The van der Waals surface area contributed by atoms with E-state index in [-0.39, 0.29) is 21.8 Å². The molecule has 0 amide bonds. The summed E-state index contributed by atoms with van der Waals surface area (Å²) in [5.41, 5.74) is 1.00. The lowest BCUT2D eigenvalue weighted by molar-refractivity contribution is -0.116. The summed E-state index contributed by atoms with van der Waals surface area (Å²) in [7, 11) is -5.82. The molecule has 1 aromatic rings. The third-order valence-corrected chi connectivity index (χ3v) is 10.3. The number of rotatable bonds is 6. The van der Waals surface area contributed by atoms with Crippen molar-refractivity contribution in [3.63, 3.8) is 0 Å². The van der Waals surface area contributed by atoms with Crippen LogP contribution in [0.25, 0.3) is 0 Å². The van der Waals surface area contributed by atoms with Crippen molar-refractivity contribution in [2.24, 2.45) is 5.41 Å². The van der Waals surface area contributed by atoms with Gasteiger partial charge in [0.25, 0.3) is 0 Å². The van der Waals surface area contributed by atoms with Crippen LogP contribution in [-0.2, 0) is 18.5 Å². The topological polar surface area (TPSA) is 60.4 Å². The lowest BCUT2D eigenvalue weighted by Crippen LogP contribution is -2.35. The van der Waals surface area contributed by atoms with E-state index in [1.165, 1.54) is 0 Å². The van der Waals surface area contributed by atoms with E-state index in [2.05, 4.69) is 13.8 Å². The Labute approximate surface area is 147 Å². The van der Waals surface area contributed by atoms with Gasteiger partial charge in [-0.3, -0.25) is 4.79 Å². The van der Waals surface area contributed by atoms with Gasteiger partial charge in [-0.1, -0.05) is 38.5 Å². The average molecular weight is 373 g/mol. The molecule has 0 spiro atoms. The van der Waals surface area contributed by atoms with Crippen molar-refractivity contribution in [1.29, 1.82) is 0 Å². The number of ketones is 1. The van der Waals surface area contributed by atoms with Gasteiger partial charge in [0.15, 0.2) is 0 Å². The number of carbonyl (C=O) groups is 1.